The molecule has 0 spiro atoms. The second-order valence-electron chi connectivity index (χ2n) is 5.30. The van der Waals surface area contributed by atoms with Crippen LogP contribution in [0.15, 0.2) is 24.4 Å². The summed E-state index contributed by atoms with van der Waals surface area (Å²) in [6, 6.07) is 5.76. The zero-order valence-electron chi connectivity index (χ0n) is 12.1. The molecule has 5 nitrogen and oxygen atoms in total. The Morgan fingerprint density at radius 3 is 3.24 bits per heavy atom. The molecular formula is C15H19ClN4O. The number of aromatic nitrogens is 3. The van der Waals surface area contributed by atoms with Crippen molar-refractivity contribution in [1.82, 2.24) is 20.3 Å². The minimum atomic E-state index is 0.0941. The van der Waals surface area contributed by atoms with Crippen LogP contribution in [0, 0.1) is 0 Å². The van der Waals surface area contributed by atoms with Crippen molar-refractivity contribution in [1.29, 1.82) is 0 Å². The predicted octanol–water partition coefficient (Wildman–Crippen LogP) is 2.43. The number of hydrogen-bond acceptors (Lipinski definition) is 4. The SMILES string of the molecule is CCCNCc1cn(CC2Cc3cc(Cl)ccc3O2)nn1. The van der Waals surface area contributed by atoms with Gasteiger partial charge >= 0.3 is 0 Å². The summed E-state index contributed by atoms with van der Waals surface area (Å²) in [6.45, 7) is 4.60. The average molecular weight is 307 g/mol. The molecule has 0 radical (unpaired) electrons. The van der Waals surface area contributed by atoms with Crippen LogP contribution in [0.25, 0.3) is 0 Å². The molecule has 2 heterocycles. The molecule has 0 bridgehead atoms. The molecule has 0 amide bonds. The topological polar surface area (TPSA) is 52.0 Å². The van der Waals surface area contributed by atoms with Gasteiger partial charge in [-0.1, -0.05) is 23.7 Å². The van der Waals surface area contributed by atoms with Crippen molar-refractivity contribution in [2.24, 2.45) is 0 Å². The van der Waals surface area contributed by atoms with Crippen molar-refractivity contribution in [3.05, 3.63) is 40.7 Å². The third-order valence-corrected chi connectivity index (χ3v) is 3.71. The Balaban J connectivity index is 1.56. The molecule has 1 atom stereocenters. The highest BCUT2D eigenvalue weighted by Crippen LogP contribution is 2.31. The van der Waals surface area contributed by atoms with Crippen molar-refractivity contribution in [2.75, 3.05) is 6.54 Å². The molecule has 0 aliphatic carbocycles. The van der Waals surface area contributed by atoms with Crippen molar-refractivity contribution >= 4 is 11.6 Å². The molecule has 0 saturated heterocycles. The van der Waals surface area contributed by atoms with Crippen molar-refractivity contribution < 1.29 is 4.74 Å². The smallest absolute Gasteiger partial charge is 0.123 e. The summed E-state index contributed by atoms with van der Waals surface area (Å²) < 4.78 is 7.76. The van der Waals surface area contributed by atoms with Crippen LogP contribution in [0.5, 0.6) is 5.75 Å². The summed E-state index contributed by atoms with van der Waals surface area (Å²) in [4.78, 5) is 0. The van der Waals surface area contributed by atoms with Crippen molar-refractivity contribution in [3.63, 3.8) is 0 Å². The lowest BCUT2D eigenvalue weighted by atomic mass is 10.1. The second kappa shape index (κ2) is 6.45. The fourth-order valence-electron chi connectivity index (χ4n) is 2.50. The van der Waals surface area contributed by atoms with Gasteiger partial charge < -0.3 is 10.1 Å². The van der Waals surface area contributed by atoms with Crippen LogP contribution in [0.1, 0.15) is 24.6 Å². The van der Waals surface area contributed by atoms with Crippen LogP contribution >= 0.6 is 11.6 Å². The number of nitrogens with zero attached hydrogens (tertiary/aromatic N) is 3. The Morgan fingerprint density at radius 1 is 1.48 bits per heavy atom. The largest absolute Gasteiger partial charge is 0.488 e. The number of nitrogens with one attached hydrogen (secondary N) is 1. The lowest BCUT2D eigenvalue weighted by Crippen LogP contribution is -2.21. The minimum absolute atomic E-state index is 0.0941. The lowest BCUT2D eigenvalue weighted by Gasteiger charge is -2.09. The first-order valence-corrected chi connectivity index (χ1v) is 7.67. The Kier molecular flexibility index (Phi) is 4.41. The summed E-state index contributed by atoms with van der Waals surface area (Å²) in [5, 5.41) is 12.4. The lowest BCUT2D eigenvalue weighted by molar-refractivity contribution is 0.202. The third kappa shape index (κ3) is 3.54. The highest BCUT2D eigenvalue weighted by atomic mass is 35.5. The predicted molar refractivity (Wildman–Crippen MR) is 81.6 cm³/mol. The zero-order chi connectivity index (χ0) is 14.7. The van der Waals surface area contributed by atoms with Gasteiger partial charge in [0, 0.05) is 24.2 Å². The van der Waals surface area contributed by atoms with Crippen LogP contribution < -0.4 is 10.1 Å². The maximum Gasteiger partial charge on any atom is 0.123 e. The molecule has 0 saturated carbocycles. The van der Waals surface area contributed by atoms with Gasteiger partial charge in [-0.2, -0.15) is 0 Å². The summed E-state index contributed by atoms with van der Waals surface area (Å²) in [5.74, 6) is 0.925. The second-order valence-corrected chi connectivity index (χ2v) is 5.74. The molecule has 1 unspecified atom stereocenters. The zero-order valence-corrected chi connectivity index (χ0v) is 12.8. The third-order valence-electron chi connectivity index (χ3n) is 3.47. The Bertz CT molecular complexity index is 613. The Hall–Kier alpha value is -1.59. The maximum atomic E-state index is 6.00. The summed E-state index contributed by atoms with van der Waals surface area (Å²) in [6.07, 6.45) is 4.04. The summed E-state index contributed by atoms with van der Waals surface area (Å²) in [5.41, 5.74) is 2.12. The number of hydrogen-bond donors (Lipinski definition) is 1. The first-order valence-electron chi connectivity index (χ1n) is 7.29. The van der Waals surface area contributed by atoms with Crippen LogP contribution in [0.3, 0.4) is 0 Å². The van der Waals surface area contributed by atoms with E-state index in [1.54, 1.807) is 0 Å². The van der Waals surface area contributed by atoms with Crippen molar-refractivity contribution in [2.45, 2.75) is 39.0 Å². The van der Waals surface area contributed by atoms with Gasteiger partial charge in [-0.3, -0.25) is 0 Å². The number of ether oxygens (including phenoxy) is 1. The quantitative estimate of drug-likeness (QED) is 0.833. The van der Waals surface area contributed by atoms with E-state index in [1.807, 2.05) is 29.1 Å². The molecule has 2 aromatic rings. The number of fused-ring (bicyclic) bond motifs is 1. The number of halogens is 1. The molecule has 3 rings (SSSR count). The molecule has 112 valence electrons. The van der Waals surface area contributed by atoms with Crippen LogP contribution in [0.2, 0.25) is 5.02 Å². The molecule has 1 N–H and O–H groups in total. The van der Waals surface area contributed by atoms with E-state index in [0.29, 0.717) is 6.54 Å². The van der Waals surface area contributed by atoms with E-state index in [-0.39, 0.29) is 6.10 Å². The number of benzene rings is 1. The Labute approximate surface area is 129 Å². The molecule has 21 heavy (non-hydrogen) atoms. The minimum Gasteiger partial charge on any atom is -0.488 e. The van der Waals surface area contributed by atoms with Gasteiger partial charge in [-0.05, 0) is 36.7 Å². The fraction of sp³-hybridized carbons (Fsp3) is 0.467. The Morgan fingerprint density at radius 2 is 2.38 bits per heavy atom. The van der Waals surface area contributed by atoms with E-state index in [1.165, 1.54) is 0 Å². The molecule has 1 aliphatic heterocycles. The average Bonchev–Trinajstić information content (AvgIpc) is 3.05. The van der Waals surface area contributed by atoms with Gasteiger partial charge in [0.05, 0.1) is 12.2 Å². The molecule has 1 aliphatic rings. The molecule has 1 aromatic carbocycles. The maximum absolute atomic E-state index is 6.00. The summed E-state index contributed by atoms with van der Waals surface area (Å²) >= 11 is 6.00. The molecular weight excluding hydrogens is 288 g/mol. The van der Waals surface area contributed by atoms with E-state index in [0.717, 1.165) is 48.0 Å². The standard InChI is InChI=1S/C15H19ClN4O/c1-2-5-17-8-13-9-20(19-18-13)10-14-7-11-6-12(16)3-4-15(11)21-14/h3-4,6,9,14,17H,2,5,7-8,10H2,1H3. The monoisotopic (exact) mass is 306 g/mol. The van der Waals surface area contributed by atoms with Gasteiger partial charge in [-0.15, -0.1) is 5.10 Å². The van der Waals surface area contributed by atoms with Gasteiger partial charge in [0.15, 0.2) is 0 Å². The van der Waals surface area contributed by atoms with Gasteiger partial charge in [0.1, 0.15) is 11.9 Å². The highest BCUT2D eigenvalue weighted by molar-refractivity contribution is 6.30. The fourth-order valence-corrected chi connectivity index (χ4v) is 2.70. The first kappa shape index (κ1) is 14.4. The normalized spacial score (nSPS) is 16.8. The van der Waals surface area contributed by atoms with Gasteiger partial charge in [0.2, 0.25) is 0 Å². The van der Waals surface area contributed by atoms with Crippen molar-refractivity contribution in [3.8, 4) is 5.75 Å². The van der Waals surface area contributed by atoms with E-state index < -0.39 is 0 Å². The van der Waals surface area contributed by atoms with Crippen LogP contribution in [-0.4, -0.2) is 27.6 Å². The van der Waals surface area contributed by atoms with E-state index in [4.69, 9.17) is 16.3 Å². The number of rotatable bonds is 6. The van der Waals surface area contributed by atoms with Crippen LogP contribution in [-0.2, 0) is 19.5 Å². The van der Waals surface area contributed by atoms with E-state index in [2.05, 4.69) is 22.6 Å². The van der Waals surface area contributed by atoms with Gasteiger partial charge in [-0.25, -0.2) is 4.68 Å². The molecule has 0 fully saturated rings. The summed E-state index contributed by atoms with van der Waals surface area (Å²) in [7, 11) is 0. The van der Waals surface area contributed by atoms with E-state index >= 15 is 0 Å². The highest BCUT2D eigenvalue weighted by Gasteiger charge is 2.23. The molecule has 6 heteroatoms. The van der Waals surface area contributed by atoms with Crippen LogP contribution in [0.4, 0.5) is 0 Å². The van der Waals surface area contributed by atoms with E-state index in [9.17, 15) is 0 Å². The first-order chi connectivity index (χ1) is 10.2. The van der Waals surface area contributed by atoms with Gasteiger partial charge in [0.25, 0.3) is 0 Å². The molecule has 1 aromatic heterocycles.